The molecule has 0 saturated carbocycles. The van der Waals surface area contributed by atoms with E-state index < -0.39 is 0 Å². The molecular formula is C21H20ClN3O4. The quantitative estimate of drug-likeness (QED) is 0.609. The average molecular weight is 414 g/mol. The second-order valence-corrected chi connectivity index (χ2v) is 7.35. The molecular weight excluding hydrogens is 394 g/mol. The molecule has 3 aromatic rings. The standard InChI is InChI=1S/C21H20ClN3O4/c1-29-13-4-2-3-12(7-13)8-20(28)25-6-5-17-15(11-25)21(24-23-17)14-9-16(22)19(27)10-18(14)26/h2-4,7,9-10,26-27H,5-6,8,11H2,1H3,(H,23,24). The lowest BCUT2D eigenvalue weighted by Gasteiger charge is -2.27. The fourth-order valence-corrected chi connectivity index (χ4v) is 3.70. The number of benzene rings is 2. The number of aromatic nitrogens is 2. The predicted molar refractivity (Wildman–Crippen MR) is 108 cm³/mol. The van der Waals surface area contributed by atoms with Crippen molar-refractivity contribution < 1.29 is 19.7 Å². The molecule has 1 aliphatic heterocycles. The summed E-state index contributed by atoms with van der Waals surface area (Å²) in [5, 5.41) is 27.3. The number of amides is 1. The molecule has 0 bridgehead atoms. The summed E-state index contributed by atoms with van der Waals surface area (Å²) < 4.78 is 5.22. The molecule has 8 heteroatoms. The van der Waals surface area contributed by atoms with Crippen LogP contribution in [0.15, 0.2) is 36.4 Å². The lowest BCUT2D eigenvalue weighted by atomic mass is 9.99. The van der Waals surface area contributed by atoms with Gasteiger partial charge in [-0.15, -0.1) is 0 Å². The third-order valence-electron chi connectivity index (χ3n) is 5.10. The second kappa shape index (κ2) is 7.67. The first-order valence-corrected chi connectivity index (χ1v) is 9.52. The fraction of sp³-hybridized carbons (Fsp3) is 0.238. The molecule has 0 radical (unpaired) electrons. The number of hydrogen-bond donors (Lipinski definition) is 3. The smallest absolute Gasteiger partial charge is 0.227 e. The van der Waals surface area contributed by atoms with Crippen molar-refractivity contribution in [2.45, 2.75) is 19.4 Å². The van der Waals surface area contributed by atoms with E-state index in [1.807, 2.05) is 24.3 Å². The lowest BCUT2D eigenvalue weighted by molar-refractivity contribution is -0.131. The van der Waals surface area contributed by atoms with Crippen molar-refractivity contribution in [1.29, 1.82) is 0 Å². The molecule has 2 aromatic carbocycles. The molecule has 1 aliphatic rings. The van der Waals surface area contributed by atoms with Gasteiger partial charge in [0.05, 0.1) is 18.6 Å². The van der Waals surface area contributed by atoms with Gasteiger partial charge in [-0.1, -0.05) is 23.7 Å². The number of phenols is 2. The van der Waals surface area contributed by atoms with Crippen LogP contribution in [0.5, 0.6) is 17.2 Å². The van der Waals surface area contributed by atoms with Gasteiger partial charge in [0.2, 0.25) is 5.91 Å². The molecule has 7 nitrogen and oxygen atoms in total. The summed E-state index contributed by atoms with van der Waals surface area (Å²) in [6.07, 6.45) is 0.911. The summed E-state index contributed by atoms with van der Waals surface area (Å²) in [6, 6.07) is 10.1. The molecule has 2 heterocycles. The van der Waals surface area contributed by atoms with Gasteiger partial charge in [-0.05, 0) is 23.8 Å². The van der Waals surface area contributed by atoms with E-state index in [2.05, 4.69) is 10.2 Å². The number of ether oxygens (including phenoxy) is 1. The zero-order chi connectivity index (χ0) is 20.5. The number of phenolic OH excluding ortho intramolecular Hbond substituents is 2. The van der Waals surface area contributed by atoms with Crippen LogP contribution in [-0.4, -0.2) is 44.9 Å². The van der Waals surface area contributed by atoms with Crippen LogP contribution < -0.4 is 4.74 Å². The molecule has 150 valence electrons. The Morgan fingerprint density at radius 2 is 2.10 bits per heavy atom. The Bertz CT molecular complexity index is 1080. The molecule has 0 spiro atoms. The first-order valence-electron chi connectivity index (χ1n) is 9.15. The van der Waals surface area contributed by atoms with Crippen LogP contribution >= 0.6 is 11.6 Å². The number of aromatic hydroxyl groups is 2. The van der Waals surface area contributed by atoms with Crippen molar-refractivity contribution in [1.82, 2.24) is 15.1 Å². The summed E-state index contributed by atoms with van der Waals surface area (Å²) >= 11 is 6.01. The minimum atomic E-state index is -0.201. The number of carbonyl (C=O) groups is 1. The highest BCUT2D eigenvalue weighted by Gasteiger charge is 2.27. The largest absolute Gasteiger partial charge is 0.507 e. The zero-order valence-electron chi connectivity index (χ0n) is 15.8. The van der Waals surface area contributed by atoms with Crippen molar-refractivity contribution in [2.75, 3.05) is 13.7 Å². The third-order valence-corrected chi connectivity index (χ3v) is 5.40. The van der Waals surface area contributed by atoms with Gasteiger partial charge in [0.15, 0.2) is 0 Å². The summed E-state index contributed by atoms with van der Waals surface area (Å²) in [4.78, 5) is 14.6. The molecule has 4 rings (SSSR count). The van der Waals surface area contributed by atoms with Gasteiger partial charge in [-0.25, -0.2) is 0 Å². The van der Waals surface area contributed by atoms with Gasteiger partial charge in [0.1, 0.15) is 22.9 Å². The normalized spacial score (nSPS) is 13.2. The van der Waals surface area contributed by atoms with Gasteiger partial charge in [0.25, 0.3) is 0 Å². The Labute approximate surface area is 172 Å². The maximum Gasteiger partial charge on any atom is 0.227 e. The molecule has 3 N–H and O–H groups in total. The zero-order valence-corrected chi connectivity index (χ0v) is 16.5. The van der Waals surface area contributed by atoms with Crippen LogP contribution in [0.2, 0.25) is 5.02 Å². The van der Waals surface area contributed by atoms with Gasteiger partial charge < -0.3 is 19.8 Å². The first-order chi connectivity index (χ1) is 14.0. The number of nitrogens with zero attached hydrogens (tertiary/aromatic N) is 2. The number of rotatable bonds is 4. The minimum Gasteiger partial charge on any atom is -0.507 e. The number of aromatic amines is 1. The van der Waals surface area contributed by atoms with Crippen LogP contribution in [0, 0.1) is 0 Å². The lowest BCUT2D eigenvalue weighted by Crippen LogP contribution is -2.36. The van der Waals surface area contributed by atoms with Gasteiger partial charge in [-0.3, -0.25) is 9.89 Å². The molecule has 1 aromatic heterocycles. The Balaban J connectivity index is 1.58. The Kier molecular flexibility index (Phi) is 5.07. The van der Waals surface area contributed by atoms with Crippen LogP contribution in [0.4, 0.5) is 0 Å². The van der Waals surface area contributed by atoms with Gasteiger partial charge >= 0.3 is 0 Å². The monoisotopic (exact) mass is 413 g/mol. The number of fused-ring (bicyclic) bond motifs is 1. The SMILES string of the molecule is COc1cccc(CC(=O)N2CCc3[nH]nc(-c4cc(Cl)c(O)cc4O)c3C2)c1. The van der Waals surface area contributed by atoms with Crippen molar-refractivity contribution >= 4 is 17.5 Å². The summed E-state index contributed by atoms with van der Waals surface area (Å²) in [5.41, 5.74) is 3.59. The van der Waals surface area contributed by atoms with Crippen LogP contribution in [0.1, 0.15) is 16.8 Å². The summed E-state index contributed by atoms with van der Waals surface area (Å²) in [6.45, 7) is 0.960. The first kappa shape index (κ1) is 19.1. The maximum atomic E-state index is 12.9. The van der Waals surface area contributed by atoms with E-state index in [9.17, 15) is 15.0 Å². The Morgan fingerprint density at radius 3 is 2.90 bits per heavy atom. The van der Waals surface area contributed by atoms with E-state index in [1.165, 1.54) is 12.1 Å². The van der Waals surface area contributed by atoms with Crippen molar-refractivity contribution in [3.63, 3.8) is 0 Å². The Morgan fingerprint density at radius 1 is 1.28 bits per heavy atom. The highest BCUT2D eigenvalue weighted by atomic mass is 35.5. The molecule has 0 atom stereocenters. The van der Waals surface area contributed by atoms with E-state index in [1.54, 1.807) is 12.0 Å². The highest BCUT2D eigenvalue weighted by Crippen LogP contribution is 2.39. The van der Waals surface area contributed by atoms with Gasteiger partial charge in [-0.2, -0.15) is 5.10 Å². The molecule has 29 heavy (non-hydrogen) atoms. The number of halogens is 1. The molecule has 0 saturated heterocycles. The number of H-pyrrole nitrogens is 1. The van der Waals surface area contributed by atoms with E-state index in [-0.39, 0.29) is 28.8 Å². The molecule has 1 amide bonds. The number of hydrogen-bond acceptors (Lipinski definition) is 5. The molecule has 0 fully saturated rings. The van der Waals surface area contributed by atoms with Crippen LogP contribution in [0.3, 0.4) is 0 Å². The van der Waals surface area contributed by atoms with E-state index >= 15 is 0 Å². The second-order valence-electron chi connectivity index (χ2n) is 6.94. The van der Waals surface area contributed by atoms with Crippen LogP contribution in [-0.2, 0) is 24.2 Å². The van der Waals surface area contributed by atoms with E-state index in [0.29, 0.717) is 36.5 Å². The number of methoxy groups -OCH3 is 1. The molecule has 0 unspecified atom stereocenters. The summed E-state index contributed by atoms with van der Waals surface area (Å²) in [5.74, 6) is 0.394. The van der Waals surface area contributed by atoms with Gasteiger partial charge in [0, 0.05) is 42.4 Å². The van der Waals surface area contributed by atoms with E-state index in [4.69, 9.17) is 16.3 Å². The topological polar surface area (TPSA) is 98.7 Å². The summed E-state index contributed by atoms with van der Waals surface area (Å²) in [7, 11) is 1.60. The van der Waals surface area contributed by atoms with E-state index in [0.717, 1.165) is 16.8 Å². The third kappa shape index (κ3) is 3.73. The van der Waals surface area contributed by atoms with Crippen molar-refractivity contribution in [3.05, 3.63) is 58.2 Å². The predicted octanol–water partition coefficient (Wildman–Crippen LogP) is 3.28. The highest BCUT2D eigenvalue weighted by molar-refractivity contribution is 6.32. The fourth-order valence-electron chi connectivity index (χ4n) is 3.54. The average Bonchev–Trinajstić information content (AvgIpc) is 3.14. The van der Waals surface area contributed by atoms with Crippen LogP contribution in [0.25, 0.3) is 11.3 Å². The minimum absolute atomic E-state index is 0.00372. The van der Waals surface area contributed by atoms with Crippen molar-refractivity contribution in [3.8, 4) is 28.5 Å². The maximum absolute atomic E-state index is 12.9. The number of nitrogens with one attached hydrogen (secondary N) is 1. The van der Waals surface area contributed by atoms with Crippen molar-refractivity contribution in [2.24, 2.45) is 0 Å². The Hall–Kier alpha value is -3.19. The number of carbonyl (C=O) groups excluding carboxylic acids is 1. The molecule has 0 aliphatic carbocycles.